The zero-order valence-electron chi connectivity index (χ0n) is 45.1. The summed E-state index contributed by atoms with van der Waals surface area (Å²) in [6, 6.07) is -4.63. The quantitative estimate of drug-likeness (QED) is 0.156. The monoisotopic (exact) mass is 1040 g/mol. The Balaban J connectivity index is 0.000000264. The van der Waals surface area contributed by atoms with Crippen molar-refractivity contribution in [1.82, 2.24) is 39.7 Å². The summed E-state index contributed by atoms with van der Waals surface area (Å²) in [5, 5.41) is 21.4. The van der Waals surface area contributed by atoms with Gasteiger partial charge in [-0.05, 0) is 59.2 Å². The number of amides is 6. The molecular weight excluding hydrogens is 957 g/mol. The molecule has 0 bridgehead atoms. The number of piperidine rings is 2. The molecule has 2 heterocycles. The Morgan fingerprint density at radius 2 is 0.930 bits per heavy atom. The van der Waals surface area contributed by atoms with Crippen molar-refractivity contribution >= 4 is 55.9 Å². The van der Waals surface area contributed by atoms with E-state index in [0.29, 0.717) is 38.8 Å². The zero-order valence-corrected chi connectivity index (χ0v) is 46.7. The fraction of sp³-hybridized carbons (Fsp3) is 0.878. The molecule has 0 spiro atoms. The minimum Gasteiger partial charge on any atom is -0.480 e. The van der Waals surface area contributed by atoms with E-state index in [9.17, 15) is 50.7 Å². The van der Waals surface area contributed by atoms with Gasteiger partial charge >= 0.3 is 24.0 Å². The van der Waals surface area contributed by atoms with Crippen LogP contribution in [0.25, 0.3) is 0 Å². The van der Waals surface area contributed by atoms with E-state index in [4.69, 9.17) is 4.74 Å². The van der Waals surface area contributed by atoms with Crippen molar-refractivity contribution in [2.45, 2.75) is 169 Å². The first-order chi connectivity index (χ1) is 32.4. The highest BCUT2D eigenvalue weighted by atomic mass is 32.2. The molecule has 4 saturated carbocycles. The Morgan fingerprint density at radius 3 is 1.23 bits per heavy atom. The third-order valence-electron chi connectivity index (χ3n) is 16.9. The average molecular weight is 1040 g/mol. The van der Waals surface area contributed by atoms with Crippen LogP contribution in [0, 0.1) is 45.3 Å². The summed E-state index contributed by atoms with van der Waals surface area (Å²) in [6.07, 6.45) is 7.37. The van der Waals surface area contributed by atoms with E-state index in [-0.39, 0.29) is 51.9 Å². The van der Waals surface area contributed by atoms with E-state index in [1.807, 2.05) is 55.4 Å². The number of likely N-dealkylation sites (tertiary alicyclic amines) is 2. The van der Waals surface area contributed by atoms with E-state index in [1.165, 1.54) is 44.5 Å². The third-order valence-corrected chi connectivity index (χ3v) is 20.9. The highest BCUT2D eigenvalue weighted by Gasteiger charge is 2.71. The topological polar surface area (TPSA) is 261 Å². The number of carboxylic acids is 1. The van der Waals surface area contributed by atoms with E-state index in [0.717, 1.165) is 42.8 Å². The van der Waals surface area contributed by atoms with E-state index in [2.05, 4.69) is 35.1 Å². The molecule has 8 atom stereocenters. The first-order valence-corrected chi connectivity index (χ1v) is 28.5. The standard InChI is InChI=1S/C25H44N4O6S.C24H42N4O6S/c1-23(2,3)19(20(30)29-14-16-17(24(16,4)5)18(29)21(31)35-8)26-22(32)27-25(12-10-9-11-13-25)15-36(33,34)28(6)7;1-22(2,3)18(19(29)28-13-15-16(23(15,4)5)17(28)20(30)31)25-21(32)26-24(11-9-8-10-12-24)14-35(33,34)27(6)7/h16-19H,9-15H2,1-8H3,(H2,26,27,32);15-18H,8-14H2,1-7H3,(H,30,31)(H2,25,26,32)/t16-,17-,18-,19+;15-,16-,17-,18+/m00/s1. The number of carboxylic acid groups (broad SMARTS) is 1. The maximum absolute atomic E-state index is 13.8. The van der Waals surface area contributed by atoms with Gasteiger partial charge in [-0.3, -0.25) is 9.59 Å². The van der Waals surface area contributed by atoms with Gasteiger partial charge in [0.1, 0.15) is 24.2 Å². The number of ether oxygens (including phenoxy) is 1. The van der Waals surface area contributed by atoms with Crippen molar-refractivity contribution in [3.63, 3.8) is 0 Å². The number of carbonyl (C=O) groups excluding carboxylic acids is 5. The summed E-state index contributed by atoms with van der Waals surface area (Å²) in [5.74, 6) is -2.33. The highest BCUT2D eigenvalue weighted by Crippen LogP contribution is 2.66. The van der Waals surface area contributed by atoms with Crippen LogP contribution in [-0.2, 0) is 44.0 Å². The summed E-state index contributed by atoms with van der Waals surface area (Å²) in [4.78, 5) is 81.7. The van der Waals surface area contributed by atoms with Crippen LogP contribution in [0.5, 0.6) is 0 Å². The molecule has 22 heteroatoms. The van der Waals surface area contributed by atoms with Gasteiger partial charge in [0.25, 0.3) is 0 Å². The van der Waals surface area contributed by atoms with Crippen molar-refractivity contribution in [2.75, 3.05) is 59.9 Å². The molecule has 406 valence electrons. The Bertz CT molecular complexity index is 2260. The van der Waals surface area contributed by atoms with Crippen molar-refractivity contribution in [1.29, 1.82) is 0 Å². The molecule has 20 nitrogen and oxygen atoms in total. The SMILES string of the molecule is CN(C)S(=O)(=O)CC1(NC(=O)N[C@H](C(=O)N2C[C@H]3[C@@H]([C@H]2C(=O)O)C3(C)C)C(C)(C)C)CCCCC1.COC(=O)[C@@H]1[C@@H]2[C@H](CN1C(=O)[C@@H](NC(=O)NC1(CS(=O)(=O)N(C)C)CCCCC1)C(C)(C)C)C2(C)C. The number of sulfonamides is 2. The average Bonchev–Trinajstić information content (AvgIpc) is 3.69. The van der Waals surface area contributed by atoms with Crippen LogP contribution in [0.3, 0.4) is 0 Å². The predicted octanol–water partition coefficient (Wildman–Crippen LogP) is 3.81. The van der Waals surface area contributed by atoms with Crippen molar-refractivity contribution in [3.05, 3.63) is 0 Å². The van der Waals surface area contributed by atoms with Crippen LogP contribution >= 0.6 is 0 Å². The van der Waals surface area contributed by atoms with Crippen LogP contribution < -0.4 is 21.3 Å². The fourth-order valence-corrected chi connectivity index (χ4v) is 14.8. The number of rotatable bonds is 14. The second kappa shape index (κ2) is 20.5. The number of urea groups is 2. The van der Waals surface area contributed by atoms with Gasteiger partial charge in [0.05, 0.1) is 29.7 Å². The number of aliphatic carboxylic acids is 1. The van der Waals surface area contributed by atoms with Gasteiger partial charge in [-0.2, -0.15) is 0 Å². The maximum Gasteiger partial charge on any atom is 0.328 e. The third kappa shape index (κ3) is 12.4. The van der Waals surface area contributed by atoms with Gasteiger partial charge in [0.2, 0.25) is 31.9 Å². The zero-order chi connectivity index (χ0) is 53.8. The lowest BCUT2D eigenvalue weighted by atomic mass is 9.83. The van der Waals surface area contributed by atoms with Gasteiger partial charge in [0, 0.05) is 53.1 Å². The molecule has 71 heavy (non-hydrogen) atoms. The smallest absolute Gasteiger partial charge is 0.328 e. The first-order valence-electron chi connectivity index (χ1n) is 25.3. The summed E-state index contributed by atoms with van der Waals surface area (Å²) >= 11 is 0. The van der Waals surface area contributed by atoms with Crippen LogP contribution in [0.4, 0.5) is 9.59 Å². The number of nitrogens with one attached hydrogen (secondary N) is 4. The lowest BCUT2D eigenvalue weighted by molar-refractivity contribution is -0.154. The Hall–Kier alpha value is -3.76. The van der Waals surface area contributed by atoms with Crippen molar-refractivity contribution in [3.8, 4) is 0 Å². The normalized spacial score (nSPS) is 28.0. The van der Waals surface area contributed by atoms with Crippen LogP contribution in [0.1, 0.15) is 133 Å². The molecule has 6 amide bonds. The lowest BCUT2D eigenvalue weighted by Gasteiger charge is -2.40. The molecule has 0 radical (unpaired) electrons. The fourth-order valence-electron chi connectivity index (χ4n) is 12.2. The molecule has 5 N–H and O–H groups in total. The Labute approximate surface area is 423 Å². The van der Waals surface area contributed by atoms with Crippen molar-refractivity contribution < 1.29 is 55.4 Å². The molecule has 2 saturated heterocycles. The number of esters is 1. The largest absolute Gasteiger partial charge is 0.480 e. The summed E-state index contributed by atoms with van der Waals surface area (Å²) in [5.41, 5.74) is -3.30. The summed E-state index contributed by atoms with van der Waals surface area (Å²) < 4.78 is 58.2. The molecule has 0 aromatic carbocycles. The van der Waals surface area contributed by atoms with Gasteiger partial charge < -0.3 is 40.9 Å². The minimum atomic E-state index is -3.57. The molecule has 4 aliphatic carbocycles. The number of nitrogens with zero attached hydrogens (tertiary/aromatic N) is 4. The number of carbonyl (C=O) groups is 6. The molecule has 6 rings (SSSR count). The van der Waals surface area contributed by atoms with Crippen LogP contribution in [0.2, 0.25) is 0 Å². The van der Waals surface area contributed by atoms with E-state index >= 15 is 0 Å². The lowest BCUT2D eigenvalue weighted by Crippen LogP contribution is -2.63. The highest BCUT2D eigenvalue weighted by molar-refractivity contribution is 7.89. The van der Waals surface area contributed by atoms with Crippen LogP contribution in [-0.4, -0.2) is 171 Å². The molecule has 6 aliphatic rings. The van der Waals surface area contributed by atoms with Crippen molar-refractivity contribution in [2.24, 2.45) is 45.3 Å². The number of hydrogen-bond donors (Lipinski definition) is 5. The molecule has 0 aromatic heterocycles. The summed E-state index contributed by atoms with van der Waals surface area (Å²) in [6.45, 7) is 20.1. The van der Waals surface area contributed by atoms with E-state index in [1.54, 1.807) is 4.90 Å². The molecular formula is C49H86N8O12S2. The molecule has 2 aliphatic heterocycles. The minimum absolute atomic E-state index is 0.0325. The Morgan fingerprint density at radius 1 is 0.606 bits per heavy atom. The van der Waals surface area contributed by atoms with Gasteiger partial charge in [-0.15, -0.1) is 0 Å². The molecule has 0 unspecified atom stereocenters. The Kier molecular flexibility index (Phi) is 16.8. The summed E-state index contributed by atoms with van der Waals surface area (Å²) in [7, 11) is 0.121. The second-order valence-electron chi connectivity index (χ2n) is 25.2. The van der Waals surface area contributed by atoms with Gasteiger partial charge in [-0.25, -0.2) is 44.6 Å². The maximum atomic E-state index is 13.8. The number of hydrogen-bond acceptors (Lipinski definition) is 11. The van der Waals surface area contributed by atoms with Crippen LogP contribution in [0.15, 0.2) is 0 Å². The van der Waals surface area contributed by atoms with Gasteiger partial charge in [-0.1, -0.05) is 108 Å². The predicted molar refractivity (Wildman–Crippen MR) is 269 cm³/mol. The first kappa shape index (κ1) is 58.1. The second-order valence-corrected chi connectivity index (χ2v) is 29.6. The van der Waals surface area contributed by atoms with Gasteiger partial charge in [0.15, 0.2) is 0 Å². The number of methoxy groups -OCH3 is 1. The molecule has 6 fully saturated rings. The number of fused-ring (bicyclic) bond motifs is 2. The molecule has 0 aromatic rings. The van der Waals surface area contributed by atoms with E-state index < -0.39 is 96.0 Å².